The van der Waals surface area contributed by atoms with E-state index in [0.717, 1.165) is 43.2 Å². The van der Waals surface area contributed by atoms with Crippen molar-refractivity contribution in [2.24, 2.45) is 5.92 Å². The first-order chi connectivity index (χ1) is 9.25. The molecule has 0 unspecified atom stereocenters. The molecule has 21 heavy (non-hydrogen) atoms. The van der Waals surface area contributed by atoms with Crippen molar-refractivity contribution in [3.05, 3.63) is 29.3 Å². The van der Waals surface area contributed by atoms with Crippen LogP contribution in [0.5, 0.6) is 5.75 Å². The van der Waals surface area contributed by atoms with Gasteiger partial charge >= 0.3 is 0 Å². The van der Waals surface area contributed by atoms with Crippen molar-refractivity contribution < 1.29 is 5.11 Å². The van der Waals surface area contributed by atoms with Crippen molar-refractivity contribution in [2.45, 2.75) is 32.2 Å². The standard InChI is InChI=1S/C16H24N2O.2ClH/c1-12-5-6-14(15(19)11-12)16(13-3-2-4-13)18-9-7-17-8-10-18;;/h5-6,11,13,16-17,19H,2-4,7-10H2,1H3;2*1H/t16-;;/m1../s1. The summed E-state index contributed by atoms with van der Waals surface area (Å²) in [7, 11) is 0. The predicted molar refractivity (Wildman–Crippen MR) is 91.9 cm³/mol. The molecule has 0 spiro atoms. The summed E-state index contributed by atoms with van der Waals surface area (Å²) in [6, 6.07) is 6.58. The Kier molecular flexibility index (Phi) is 7.28. The Morgan fingerprint density at radius 2 is 1.86 bits per heavy atom. The molecule has 120 valence electrons. The van der Waals surface area contributed by atoms with Gasteiger partial charge in [0.1, 0.15) is 5.75 Å². The summed E-state index contributed by atoms with van der Waals surface area (Å²) in [6.45, 7) is 6.35. The molecule has 0 amide bonds. The molecule has 1 heterocycles. The number of nitrogens with one attached hydrogen (secondary N) is 1. The van der Waals surface area contributed by atoms with Gasteiger partial charge in [-0.1, -0.05) is 18.6 Å². The largest absolute Gasteiger partial charge is 0.508 e. The lowest BCUT2D eigenvalue weighted by molar-refractivity contribution is 0.0819. The molecular weight excluding hydrogens is 307 g/mol. The first kappa shape index (κ1) is 18.6. The van der Waals surface area contributed by atoms with Crippen molar-refractivity contribution >= 4 is 24.8 Å². The summed E-state index contributed by atoms with van der Waals surface area (Å²) in [4.78, 5) is 2.56. The average molecular weight is 333 g/mol. The van der Waals surface area contributed by atoms with E-state index in [1.807, 2.05) is 13.0 Å². The van der Waals surface area contributed by atoms with Gasteiger partial charge in [-0.3, -0.25) is 4.90 Å². The number of hydrogen-bond acceptors (Lipinski definition) is 3. The van der Waals surface area contributed by atoms with Crippen LogP contribution in [0.1, 0.15) is 36.4 Å². The molecule has 3 nitrogen and oxygen atoms in total. The average Bonchev–Trinajstić information content (AvgIpc) is 2.35. The van der Waals surface area contributed by atoms with E-state index in [-0.39, 0.29) is 24.8 Å². The SMILES string of the molecule is Cc1ccc([C@@H](C2CCC2)N2CCNCC2)c(O)c1.Cl.Cl. The molecule has 1 saturated heterocycles. The molecule has 2 N–H and O–H groups in total. The zero-order valence-corrected chi connectivity index (χ0v) is 14.2. The third kappa shape index (κ3) is 4.04. The lowest BCUT2D eigenvalue weighted by Gasteiger charge is -2.43. The number of rotatable bonds is 3. The molecule has 2 fully saturated rings. The molecule has 5 heteroatoms. The lowest BCUT2D eigenvalue weighted by Crippen LogP contribution is -2.47. The predicted octanol–water partition coefficient (Wildman–Crippen LogP) is 3.29. The zero-order chi connectivity index (χ0) is 13.2. The maximum absolute atomic E-state index is 10.3. The van der Waals surface area contributed by atoms with Crippen LogP contribution in [0.4, 0.5) is 0 Å². The normalized spacial score (nSPS) is 20.8. The van der Waals surface area contributed by atoms with Crippen molar-refractivity contribution in [3.8, 4) is 5.75 Å². The molecule has 1 aromatic carbocycles. The van der Waals surface area contributed by atoms with Gasteiger partial charge in [0.25, 0.3) is 0 Å². The number of aromatic hydroxyl groups is 1. The number of benzene rings is 1. The summed E-state index contributed by atoms with van der Waals surface area (Å²) in [5, 5.41) is 13.7. The van der Waals surface area contributed by atoms with Crippen molar-refractivity contribution in [1.82, 2.24) is 10.2 Å². The van der Waals surface area contributed by atoms with Gasteiger partial charge in [0.15, 0.2) is 0 Å². The quantitative estimate of drug-likeness (QED) is 0.891. The maximum Gasteiger partial charge on any atom is 0.120 e. The Bertz CT molecular complexity index is 446. The van der Waals surface area contributed by atoms with Crippen molar-refractivity contribution in [2.75, 3.05) is 26.2 Å². The van der Waals surface area contributed by atoms with Crippen LogP contribution in [-0.2, 0) is 0 Å². The van der Waals surface area contributed by atoms with Crippen LogP contribution in [0.2, 0.25) is 0 Å². The Morgan fingerprint density at radius 1 is 1.19 bits per heavy atom. The van der Waals surface area contributed by atoms with E-state index >= 15 is 0 Å². The van der Waals surface area contributed by atoms with Crippen LogP contribution in [0.15, 0.2) is 18.2 Å². The number of aryl methyl sites for hydroxylation is 1. The van der Waals surface area contributed by atoms with Crippen molar-refractivity contribution in [1.29, 1.82) is 0 Å². The number of nitrogens with zero attached hydrogens (tertiary/aromatic N) is 1. The molecule has 1 aliphatic carbocycles. The minimum atomic E-state index is 0. The van der Waals surface area contributed by atoms with Crippen molar-refractivity contribution in [3.63, 3.8) is 0 Å². The van der Waals surface area contributed by atoms with Gasteiger partial charge in [0.05, 0.1) is 0 Å². The van der Waals surface area contributed by atoms with E-state index in [9.17, 15) is 5.11 Å². The minimum Gasteiger partial charge on any atom is -0.508 e. The highest BCUT2D eigenvalue weighted by Gasteiger charge is 2.34. The summed E-state index contributed by atoms with van der Waals surface area (Å²) in [5.41, 5.74) is 2.27. The number of phenols is 1. The molecule has 0 radical (unpaired) electrons. The summed E-state index contributed by atoms with van der Waals surface area (Å²) < 4.78 is 0. The van der Waals surface area contributed by atoms with E-state index in [1.165, 1.54) is 19.3 Å². The van der Waals surface area contributed by atoms with Gasteiger partial charge in [-0.25, -0.2) is 0 Å². The molecule has 0 bridgehead atoms. The fraction of sp³-hybridized carbons (Fsp3) is 0.625. The fourth-order valence-electron chi connectivity index (χ4n) is 3.37. The third-order valence-corrected chi connectivity index (χ3v) is 4.65. The summed E-state index contributed by atoms with van der Waals surface area (Å²) >= 11 is 0. The van der Waals surface area contributed by atoms with E-state index in [0.29, 0.717) is 11.8 Å². The second-order valence-electron chi connectivity index (χ2n) is 5.98. The minimum absolute atomic E-state index is 0. The summed E-state index contributed by atoms with van der Waals surface area (Å²) in [6.07, 6.45) is 3.96. The molecule has 1 saturated carbocycles. The Labute approximate surface area is 139 Å². The topological polar surface area (TPSA) is 35.5 Å². The maximum atomic E-state index is 10.3. The molecule has 1 aromatic rings. The highest BCUT2D eigenvalue weighted by molar-refractivity contribution is 5.85. The highest BCUT2D eigenvalue weighted by Crippen LogP contribution is 2.44. The van der Waals surface area contributed by atoms with E-state index in [4.69, 9.17) is 0 Å². The van der Waals surface area contributed by atoms with E-state index in [1.54, 1.807) is 0 Å². The Morgan fingerprint density at radius 3 is 2.38 bits per heavy atom. The van der Waals surface area contributed by atoms with Crippen LogP contribution in [0.25, 0.3) is 0 Å². The van der Waals surface area contributed by atoms with E-state index < -0.39 is 0 Å². The van der Waals surface area contributed by atoms with Crippen LogP contribution >= 0.6 is 24.8 Å². The van der Waals surface area contributed by atoms with E-state index in [2.05, 4.69) is 22.3 Å². The molecule has 0 aromatic heterocycles. The first-order valence-corrected chi connectivity index (χ1v) is 7.50. The smallest absolute Gasteiger partial charge is 0.120 e. The lowest BCUT2D eigenvalue weighted by atomic mass is 9.76. The Balaban J connectivity index is 0.00000110. The van der Waals surface area contributed by atoms with Crippen LogP contribution < -0.4 is 5.32 Å². The van der Waals surface area contributed by atoms with Crippen LogP contribution in [0.3, 0.4) is 0 Å². The molecule has 3 rings (SSSR count). The number of phenolic OH excluding ortho intramolecular Hbond substituents is 1. The van der Waals surface area contributed by atoms with Gasteiger partial charge in [0.2, 0.25) is 0 Å². The third-order valence-electron chi connectivity index (χ3n) is 4.65. The van der Waals surface area contributed by atoms with Crippen LogP contribution in [0, 0.1) is 12.8 Å². The van der Waals surface area contributed by atoms with Gasteiger partial charge < -0.3 is 10.4 Å². The number of halogens is 2. The van der Waals surface area contributed by atoms with Gasteiger partial charge in [-0.05, 0) is 37.3 Å². The number of hydrogen-bond donors (Lipinski definition) is 2. The molecule has 1 aliphatic heterocycles. The summed E-state index contributed by atoms with van der Waals surface area (Å²) in [5.74, 6) is 1.21. The van der Waals surface area contributed by atoms with Gasteiger partial charge in [-0.15, -0.1) is 24.8 Å². The first-order valence-electron chi connectivity index (χ1n) is 7.50. The molecule has 2 aliphatic rings. The molecular formula is C16H26Cl2N2O. The number of piperazine rings is 1. The van der Waals surface area contributed by atoms with Crippen LogP contribution in [-0.4, -0.2) is 36.2 Å². The monoisotopic (exact) mass is 332 g/mol. The second kappa shape index (κ2) is 8.23. The second-order valence-corrected chi connectivity index (χ2v) is 5.98. The Hall–Kier alpha value is -0.480. The highest BCUT2D eigenvalue weighted by atomic mass is 35.5. The molecule has 1 atom stereocenters. The van der Waals surface area contributed by atoms with Gasteiger partial charge in [0, 0.05) is 37.8 Å². The van der Waals surface area contributed by atoms with Gasteiger partial charge in [-0.2, -0.15) is 0 Å². The zero-order valence-electron chi connectivity index (χ0n) is 12.5. The fourth-order valence-corrected chi connectivity index (χ4v) is 3.37.